The van der Waals surface area contributed by atoms with Crippen molar-refractivity contribution in [3.63, 3.8) is 0 Å². The van der Waals surface area contributed by atoms with Crippen LogP contribution in [0.4, 0.5) is 34.1 Å². The molecule has 0 spiro atoms. The average Bonchev–Trinajstić information content (AvgIpc) is 4.05. The third-order valence-corrected chi connectivity index (χ3v) is 13.5. The van der Waals surface area contributed by atoms with E-state index < -0.39 is 0 Å². The van der Waals surface area contributed by atoms with Crippen molar-refractivity contribution in [1.82, 2.24) is 0 Å². The van der Waals surface area contributed by atoms with E-state index in [-0.39, 0.29) is 0 Å². The Labute approximate surface area is 406 Å². The van der Waals surface area contributed by atoms with Crippen molar-refractivity contribution in [3.05, 3.63) is 267 Å². The van der Waals surface area contributed by atoms with Crippen molar-refractivity contribution in [2.24, 2.45) is 0 Å². The summed E-state index contributed by atoms with van der Waals surface area (Å²) in [7, 11) is 0. The van der Waals surface area contributed by atoms with Gasteiger partial charge in [0, 0.05) is 55.4 Å². The maximum absolute atomic E-state index is 6.59. The molecule has 0 bridgehead atoms. The first-order valence-electron chi connectivity index (χ1n) is 23.7. The van der Waals surface area contributed by atoms with Gasteiger partial charge >= 0.3 is 0 Å². The summed E-state index contributed by atoms with van der Waals surface area (Å²) >= 11 is 0. The molecule has 0 unspecified atom stereocenters. The molecule has 0 radical (unpaired) electrons. The highest BCUT2D eigenvalue weighted by Crippen LogP contribution is 2.43. The van der Waals surface area contributed by atoms with Crippen LogP contribution in [0.2, 0.25) is 0 Å². The molecular formula is C66H44N2O2. The van der Waals surface area contributed by atoms with Crippen molar-refractivity contribution in [1.29, 1.82) is 0 Å². The molecule has 0 aliphatic carbocycles. The second-order valence-corrected chi connectivity index (χ2v) is 17.7. The molecule has 0 saturated carbocycles. The molecule has 11 aromatic carbocycles. The normalized spacial score (nSPS) is 11.4. The maximum Gasteiger partial charge on any atom is 0.135 e. The first kappa shape index (κ1) is 40.9. The van der Waals surface area contributed by atoms with Gasteiger partial charge in [-0.3, -0.25) is 0 Å². The van der Waals surface area contributed by atoms with E-state index in [1.165, 1.54) is 43.8 Å². The predicted octanol–water partition coefficient (Wildman–Crippen LogP) is 19.1. The quantitative estimate of drug-likeness (QED) is 0.137. The van der Waals surface area contributed by atoms with Crippen LogP contribution >= 0.6 is 0 Å². The first-order valence-corrected chi connectivity index (χ1v) is 23.7. The number of hydrogen-bond donors (Lipinski definition) is 0. The summed E-state index contributed by atoms with van der Waals surface area (Å²) in [5.41, 5.74) is 14.9. The number of benzene rings is 11. The lowest BCUT2D eigenvalue weighted by Gasteiger charge is -2.27. The van der Waals surface area contributed by atoms with Crippen molar-refractivity contribution < 1.29 is 8.83 Å². The van der Waals surface area contributed by atoms with Crippen LogP contribution in [0.15, 0.2) is 276 Å². The highest BCUT2D eigenvalue weighted by molar-refractivity contribution is 6.01. The Bertz CT molecular complexity index is 3650. The van der Waals surface area contributed by atoms with Gasteiger partial charge < -0.3 is 18.6 Å². The Morgan fingerprint density at radius 3 is 0.929 bits per heavy atom. The fraction of sp³-hybridized carbons (Fsp3) is 0. The lowest BCUT2D eigenvalue weighted by Crippen LogP contribution is -2.10. The van der Waals surface area contributed by atoms with Gasteiger partial charge in [0.25, 0.3) is 0 Å². The molecule has 0 aliphatic heterocycles. The third-order valence-electron chi connectivity index (χ3n) is 13.5. The average molecular weight is 897 g/mol. The molecule has 2 aromatic heterocycles. The second-order valence-electron chi connectivity index (χ2n) is 17.7. The van der Waals surface area contributed by atoms with Gasteiger partial charge in [0.15, 0.2) is 0 Å². The molecule has 2 heterocycles. The minimum atomic E-state index is 0.805. The fourth-order valence-corrected chi connectivity index (χ4v) is 9.93. The molecule has 4 nitrogen and oxygen atoms in total. The molecule has 0 amide bonds. The Morgan fingerprint density at radius 2 is 0.543 bits per heavy atom. The smallest absolute Gasteiger partial charge is 0.135 e. The molecule has 13 aromatic rings. The molecule has 330 valence electrons. The second kappa shape index (κ2) is 17.4. The molecule has 0 atom stereocenters. The number of hydrogen-bond acceptors (Lipinski definition) is 4. The molecule has 4 heteroatoms. The van der Waals surface area contributed by atoms with Gasteiger partial charge in [0.05, 0.1) is 11.4 Å². The van der Waals surface area contributed by atoms with E-state index in [0.29, 0.717) is 0 Å². The number of anilines is 6. The van der Waals surface area contributed by atoms with Gasteiger partial charge in [-0.05, 0) is 142 Å². The van der Waals surface area contributed by atoms with Crippen LogP contribution < -0.4 is 9.80 Å². The van der Waals surface area contributed by atoms with E-state index in [1.807, 2.05) is 0 Å². The molecule has 0 aliphatic rings. The van der Waals surface area contributed by atoms with Crippen LogP contribution in [0.1, 0.15) is 0 Å². The Hall–Kier alpha value is -9.38. The molecule has 0 N–H and O–H groups in total. The summed E-state index contributed by atoms with van der Waals surface area (Å²) in [5.74, 6) is 1.61. The van der Waals surface area contributed by atoms with Crippen LogP contribution in [0, 0.1) is 0 Å². The Kier molecular flexibility index (Phi) is 10.1. The summed E-state index contributed by atoms with van der Waals surface area (Å²) in [4.78, 5) is 4.68. The Balaban J connectivity index is 0.796. The van der Waals surface area contributed by atoms with Crippen molar-refractivity contribution in [2.75, 3.05) is 9.80 Å². The van der Waals surface area contributed by atoms with Gasteiger partial charge in [-0.1, -0.05) is 158 Å². The Morgan fingerprint density at radius 1 is 0.229 bits per heavy atom. The van der Waals surface area contributed by atoms with E-state index in [1.54, 1.807) is 0 Å². The summed E-state index contributed by atoms with van der Waals surface area (Å²) in [6.07, 6.45) is 0. The van der Waals surface area contributed by atoms with Crippen LogP contribution in [-0.2, 0) is 0 Å². The molecule has 13 rings (SSSR count). The minimum absolute atomic E-state index is 0.805. The standard InChI is InChI=1S/C66H44N2O2/c1-3-13-45(14-4-1)47-25-33-55(34-26-47)67(61-23-11-19-49-17-7-9-21-59(49)61)57-37-29-51(30-38-57)63-41-53-43-66-54(44-65(53)69-63)42-64(70-66)52-31-39-58(40-32-52)68(62-24-12-20-50-18-8-10-22-60(50)62)56-35-27-48(28-36-56)46-15-5-2-6-16-46/h1-44H. The topological polar surface area (TPSA) is 32.8 Å². The van der Waals surface area contributed by atoms with Gasteiger partial charge in [-0.2, -0.15) is 0 Å². The third kappa shape index (κ3) is 7.54. The van der Waals surface area contributed by atoms with Gasteiger partial charge in [-0.25, -0.2) is 0 Å². The lowest BCUT2D eigenvalue weighted by atomic mass is 10.0. The highest BCUT2D eigenvalue weighted by atomic mass is 16.3. The van der Waals surface area contributed by atoms with Gasteiger partial charge in [-0.15, -0.1) is 0 Å². The lowest BCUT2D eigenvalue weighted by molar-refractivity contribution is 0.627. The van der Waals surface area contributed by atoms with E-state index in [0.717, 1.165) is 78.7 Å². The zero-order valence-corrected chi connectivity index (χ0v) is 38.1. The van der Waals surface area contributed by atoms with Crippen LogP contribution in [0.25, 0.3) is 88.4 Å². The summed E-state index contributed by atoms with van der Waals surface area (Å²) < 4.78 is 13.2. The zero-order chi connectivity index (χ0) is 46.4. The summed E-state index contributed by atoms with van der Waals surface area (Å²) in [6.45, 7) is 0. The summed E-state index contributed by atoms with van der Waals surface area (Å²) in [5, 5.41) is 6.74. The number of furan rings is 2. The van der Waals surface area contributed by atoms with Crippen molar-refractivity contribution in [3.8, 4) is 44.9 Å². The monoisotopic (exact) mass is 896 g/mol. The van der Waals surface area contributed by atoms with E-state index >= 15 is 0 Å². The highest BCUT2D eigenvalue weighted by Gasteiger charge is 2.19. The van der Waals surface area contributed by atoms with Gasteiger partial charge in [0.2, 0.25) is 0 Å². The molecule has 70 heavy (non-hydrogen) atoms. The molecular weight excluding hydrogens is 853 g/mol. The van der Waals surface area contributed by atoms with E-state index in [2.05, 4.69) is 277 Å². The predicted molar refractivity (Wildman–Crippen MR) is 292 cm³/mol. The number of rotatable bonds is 10. The van der Waals surface area contributed by atoms with Crippen LogP contribution in [0.5, 0.6) is 0 Å². The zero-order valence-electron chi connectivity index (χ0n) is 38.1. The molecule has 0 saturated heterocycles. The molecule has 0 fully saturated rings. The first-order chi connectivity index (χ1) is 34.7. The van der Waals surface area contributed by atoms with Crippen LogP contribution in [-0.4, -0.2) is 0 Å². The SMILES string of the molecule is c1ccc(-c2ccc(N(c3ccc(-c4cc5cc6oc(-c7ccc(N(c8ccc(-c9ccccc9)cc8)c8cccc9ccccc89)cc7)cc6cc5o4)cc3)c3cccc4ccccc34)cc2)cc1. The maximum atomic E-state index is 6.59. The number of fused-ring (bicyclic) bond motifs is 4. The van der Waals surface area contributed by atoms with Crippen molar-refractivity contribution >= 4 is 77.6 Å². The van der Waals surface area contributed by atoms with Crippen molar-refractivity contribution in [2.45, 2.75) is 0 Å². The summed E-state index contributed by atoms with van der Waals surface area (Å²) in [6, 6.07) is 94.6. The number of nitrogens with zero attached hydrogens (tertiary/aromatic N) is 2. The largest absolute Gasteiger partial charge is 0.456 e. The van der Waals surface area contributed by atoms with Crippen LogP contribution in [0.3, 0.4) is 0 Å². The van der Waals surface area contributed by atoms with E-state index in [9.17, 15) is 0 Å². The van der Waals surface area contributed by atoms with Gasteiger partial charge in [0.1, 0.15) is 22.7 Å². The minimum Gasteiger partial charge on any atom is -0.456 e. The fourth-order valence-electron chi connectivity index (χ4n) is 9.93. The van der Waals surface area contributed by atoms with E-state index in [4.69, 9.17) is 8.83 Å².